The summed E-state index contributed by atoms with van der Waals surface area (Å²) in [5.74, 6) is 0.218. The van der Waals surface area contributed by atoms with Crippen LogP contribution in [0, 0.1) is 5.41 Å². The third-order valence-corrected chi connectivity index (χ3v) is 4.73. The van der Waals surface area contributed by atoms with Gasteiger partial charge in [-0.2, -0.15) is 0 Å². The van der Waals surface area contributed by atoms with Gasteiger partial charge in [-0.1, -0.05) is 0 Å². The van der Waals surface area contributed by atoms with Gasteiger partial charge in [0.1, 0.15) is 0 Å². The molecule has 98 valence electrons. The summed E-state index contributed by atoms with van der Waals surface area (Å²) in [5, 5.41) is 6.44. The second-order valence-electron chi connectivity index (χ2n) is 6.14. The Balaban J connectivity index is 1.87. The molecule has 1 atom stereocenters. The molecular weight excluding hydrogens is 214 g/mol. The molecule has 1 saturated heterocycles. The highest BCUT2D eigenvalue weighted by atomic mass is 16.2. The van der Waals surface area contributed by atoms with E-state index >= 15 is 0 Å². The maximum Gasteiger partial charge on any atom is 0.227 e. The number of hydrogen-bond acceptors (Lipinski definition) is 3. The standard InChI is InChI=1S/C13H25N3O/c1-12(7-8-14-9-12)11(17)15-10-13(16(2)3)5-4-6-13/h14H,4-10H2,1-3H3,(H,15,17). The highest BCUT2D eigenvalue weighted by Gasteiger charge is 2.41. The van der Waals surface area contributed by atoms with Gasteiger partial charge in [0, 0.05) is 18.6 Å². The highest BCUT2D eigenvalue weighted by molar-refractivity contribution is 5.82. The predicted octanol–water partition coefficient (Wildman–Crippen LogP) is 0.586. The van der Waals surface area contributed by atoms with E-state index in [4.69, 9.17) is 0 Å². The lowest BCUT2D eigenvalue weighted by molar-refractivity contribution is -0.130. The number of hydrogen-bond donors (Lipinski definition) is 2. The smallest absolute Gasteiger partial charge is 0.227 e. The summed E-state index contributed by atoms with van der Waals surface area (Å²) >= 11 is 0. The monoisotopic (exact) mass is 239 g/mol. The van der Waals surface area contributed by atoms with Crippen LogP contribution in [-0.4, -0.2) is 50.1 Å². The molecule has 0 aromatic rings. The van der Waals surface area contributed by atoms with Crippen LogP contribution in [0.15, 0.2) is 0 Å². The summed E-state index contributed by atoms with van der Waals surface area (Å²) in [6.45, 7) is 4.64. The summed E-state index contributed by atoms with van der Waals surface area (Å²) < 4.78 is 0. The Hall–Kier alpha value is -0.610. The topological polar surface area (TPSA) is 44.4 Å². The van der Waals surface area contributed by atoms with Crippen molar-refractivity contribution < 1.29 is 4.79 Å². The number of amides is 1. The molecule has 4 heteroatoms. The van der Waals surface area contributed by atoms with Crippen molar-refractivity contribution >= 4 is 5.91 Å². The Morgan fingerprint density at radius 2 is 2.06 bits per heavy atom. The molecule has 0 spiro atoms. The van der Waals surface area contributed by atoms with Crippen LogP contribution < -0.4 is 10.6 Å². The van der Waals surface area contributed by atoms with E-state index in [1.54, 1.807) is 0 Å². The van der Waals surface area contributed by atoms with E-state index in [1.165, 1.54) is 19.3 Å². The second kappa shape index (κ2) is 4.58. The minimum Gasteiger partial charge on any atom is -0.354 e. The molecule has 2 N–H and O–H groups in total. The van der Waals surface area contributed by atoms with Crippen molar-refractivity contribution in [2.75, 3.05) is 33.7 Å². The molecule has 0 aromatic heterocycles. The molecule has 2 aliphatic rings. The van der Waals surface area contributed by atoms with Crippen molar-refractivity contribution in [2.24, 2.45) is 5.41 Å². The van der Waals surface area contributed by atoms with Crippen LogP contribution >= 0.6 is 0 Å². The van der Waals surface area contributed by atoms with Gasteiger partial charge in [0.15, 0.2) is 0 Å². The molecule has 0 bridgehead atoms. The third-order valence-electron chi connectivity index (χ3n) is 4.73. The van der Waals surface area contributed by atoms with Crippen LogP contribution in [0.2, 0.25) is 0 Å². The molecule has 1 saturated carbocycles. The fourth-order valence-electron chi connectivity index (χ4n) is 2.84. The Bertz CT molecular complexity index is 291. The van der Waals surface area contributed by atoms with E-state index in [-0.39, 0.29) is 16.9 Å². The maximum absolute atomic E-state index is 12.2. The number of carbonyl (C=O) groups excluding carboxylic acids is 1. The first-order chi connectivity index (χ1) is 7.99. The molecule has 1 unspecified atom stereocenters. The lowest BCUT2D eigenvalue weighted by Gasteiger charge is -2.47. The van der Waals surface area contributed by atoms with Gasteiger partial charge in [-0.25, -0.2) is 0 Å². The fraction of sp³-hybridized carbons (Fsp3) is 0.923. The fourth-order valence-corrected chi connectivity index (χ4v) is 2.84. The first-order valence-electron chi connectivity index (χ1n) is 6.65. The molecule has 1 amide bonds. The molecular formula is C13H25N3O. The van der Waals surface area contributed by atoms with Gasteiger partial charge in [0.05, 0.1) is 5.41 Å². The van der Waals surface area contributed by atoms with Crippen molar-refractivity contribution in [3.05, 3.63) is 0 Å². The zero-order valence-corrected chi connectivity index (χ0v) is 11.3. The van der Waals surface area contributed by atoms with E-state index in [1.807, 2.05) is 0 Å². The number of likely N-dealkylation sites (N-methyl/N-ethyl adjacent to an activating group) is 1. The SMILES string of the molecule is CN(C)C1(CNC(=O)C2(C)CCNC2)CCC1. The Morgan fingerprint density at radius 1 is 1.35 bits per heavy atom. The predicted molar refractivity (Wildman–Crippen MR) is 68.9 cm³/mol. The number of nitrogens with zero attached hydrogens (tertiary/aromatic N) is 1. The highest BCUT2D eigenvalue weighted by Crippen LogP contribution is 2.35. The molecule has 17 heavy (non-hydrogen) atoms. The molecule has 1 aliphatic carbocycles. The third kappa shape index (κ3) is 2.33. The van der Waals surface area contributed by atoms with Gasteiger partial charge in [-0.3, -0.25) is 4.79 Å². The summed E-state index contributed by atoms with van der Waals surface area (Å²) in [5.41, 5.74) is 0.0231. The largest absolute Gasteiger partial charge is 0.354 e. The van der Waals surface area contributed by atoms with Crippen LogP contribution in [0.4, 0.5) is 0 Å². The quantitative estimate of drug-likeness (QED) is 0.754. The Morgan fingerprint density at radius 3 is 2.47 bits per heavy atom. The van der Waals surface area contributed by atoms with Crippen LogP contribution in [-0.2, 0) is 4.79 Å². The second-order valence-corrected chi connectivity index (χ2v) is 6.14. The van der Waals surface area contributed by atoms with Gasteiger partial charge < -0.3 is 15.5 Å². The van der Waals surface area contributed by atoms with Gasteiger partial charge in [0.2, 0.25) is 5.91 Å². The van der Waals surface area contributed by atoms with Crippen molar-refractivity contribution in [2.45, 2.75) is 38.1 Å². The minimum atomic E-state index is -0.197. The molecule has 0 radical (unpaired) electrons. The van der Waals surface area contributed by atoms with Crippen LogP contribution in [0.25, 0.3) is 0 Å². The van der Waals surface area contributed by atoms with Gasteiger partial charge >= 0.3 is 0 Å². The van der Waals surface area contributed by atoms with Gasteiger partial charge in [-0.05, 0) is 53.2 Å². The first kappa shape index (κ1) is 12.8. The Labute approximate surface area is 104 Å². The average molecular weight is 239 g/mol. The van der Waals surface area contributed by atoms with Crippen molar-refractivity contribution in [3.63, 3.8) is 0 Å². The van der Waals surface area contributed by atoms with Crippen molar-refractivity contribution in [3.8, 4) is 0 Å². The molecule has 2 rings (SSSR count). The average Bonchev–Trinajstić information content (AvgIpc) is 2.64. The Kier molecular flexibility index (Phi) is 3.46. The minimum absolute atomic E-state index is 0.197. The lowest BCUT2D eigenvalue weighted by Crippen LogP contribution is -2.58. The zero-order valence-electron chi connectivity index (χ0n) is 11.3. The van der Waals surface area contributed by atoms with E-state index in [0.29, 0.717) is 0 Å². The molecule has 4 nitrogen and oxygen atoms in total. The van der Waals surface area contributed by atoms with E-state index in [9.17, 15) is 4.79 Å². The molecule has 0 aromatic carbocycles. The summed E-state index contributed by atoms with van der Waals surface area (Å²) in [4.78, 5) is 14.5. The van der Waals surface area contributed by atoms with Crippen LogP contribution in [0.3, 0.4) is 0 Å². The number of carbonyl (C=O) groups is 1. The van der Waals surface area contributed by atoms with Crippen LogP contribution in [0.1, 0.15) is 32.6 Å². The van der Waals surface area contributed by atoms with Crippen LogP contribution in [0.5, 0.6) is 0 Å². The van der Waals surface area contributed by atoms with Gasteiger partial charge in [0.25, 0.3) is 0 Å². The molecule has 2 fully saturated rings. The van der Waals surface area contributed by atoms with E-state index < -0.39 is 0 Å². The van der Waals surface area contributed by atoms with E-state index in [0.717, 1.165) is 26.1 Å². The summed E-state index contributed by atoms with van der Waals surface area (Å²) in [6, 6.07) is 0. The van der Waals surface area contributed by atoms with E-state index in [2.05, 4.69) is 36.6 Å². The molecule has 1 heterocycles. The number of nitrogens with one attached hydrogen (secondary N) is 2. The first-order valence-corrected chi connectivity index (χ1v) is 6.65. The normalized spacial score (nSPS) is 31.3. The maximum atomic E-state index is 12.2. The number of rotatable bonds is 4. The summed E-state index contributed by atoms with van der Waals surface area (Å²) in [7, 11) is 4.23. The van der Waals surface area contributed by atoms with Gasteiger partial charge in [-0.15, -0.1) is 0 Å². The summed E-state index contributed by atoms with van der Waals surface area (Å²) in [6.07, 6.45) is 4.64. The zero-order chi connectivity index (χ0) is 12.5. The van der Waals surface area contributed by atoms with Crippen molar-refractivity contribution in [1.29, 1.82) is 0 Å². The molecule has 1 aliphatic heterocycles. The lowest BCUT2D eigenvalue weighted by atomic mass is 9.75. The van der Waals surface area contributed by atoms with Crippen molar-refractivity contribution in [1.82, 2.24) is 15.5 Å².